The number of likely N-dealkylation sites (N-methyl/N-ethyl adjacent to an activating group) is 1. The van der Waals surface area contributed by atoms with Crippen LogP contribution in [0.1, 0.15) is 62.0 Å². The Labute approximate surface area is 205 Å². The quantitative estimate of drug-likeness (QED) is 0.341. The van der Waals surface area contributed by atoms with Gasteiger partial charge in [-0.15, -0.1) is 0 Å². The van der Waals surface area contributed by atoms with Crippen LogP contribution >= 0.6 is 0 Å². The van der Waals surface area contributed by atoms with E-state index < -0.39 is 11.7 Å². The van der Waals surface area contributed by atoms with E-state index in [0.717, 1.165) is 36.4 Å². The van der Waals surface area contributed by atoms with Crippen molar-refractivity contribution in [2.45, 2.75) is 52.8 Å². The highest BCUT2D eigenvalue weighted by atomic mass is 19.4. The van der Waals surface area contributed by atoms with Gasteiger partial charge in [0.15, 0.2) is 0 Å². The minimum atomic E-state index is -4.46. The van der Waals surface area contributed by atoms with Gasteiger partial charge in [0, 0.05) is 37.0 Å². The molecule has 1 amide bonds. The summed E-state index contributed by atoms with van der Waals surface area (Å²) in [6, 6.07) is 9.11. The van der Waals surface area contributed by atoms with Crippen LogP contribution in [0.4, 0.5) is 13.2 Å². The third kappa shape index (κ3) is 7.94. The molecule has 0 bridgehead atoms. The number of halogens is 3. The minimum Gasteiger partial charge on any atom is -0.475 e. The summed E-state index contributed by atoms with van der Waals surface area (Å²) in [7, 11) is 1.70. The van der Waals surface area contributed by atoms with E-state index in [1.807, 2.05) is 38.1 Å². The molecule has 2 aromatic rings. The van der Waals surface area contributed by atoms with E-state index >= 15 is 0 Å². The number of pyridine rings is 1. The van der Waals surface area contributed by atoms with Crippen molar-refractivity contribution in [1.82, 2.24) is 9.88 Å². The van der Waals surface area contributed by atoms with Crippen molar-refractivity contribution >= 4 is 11.6 Å². The second-order valence-corrected chi connectivity index (χ2v) is 8.41. The van der Waals surface area contributed by atoms with Gasteiger partial charge >= 0.3 is 6.18 Å². The third-order valence-corrected chi connectivity index (χ3v) is 5.67. The summed E-state index contributed by atoms with van der Waals surface area (Å²) >= 11 is 0. The van der Waals surface area contributed by atoms with E-state index in [2.05, 4.69) is 29.9 Å². The van der Waals surface area contributed by atoms with Gasteiger partial charge < -0.3 is 9.64 Å². The molecule has 35 heavy (non-hydrogen) atoms. The molecule has 1 heterocycles. The lowest BCUT2D eigenvalue weighted by Gasteiger charge is -2.28. The van der Waals surface area contributed by atoms with Crippen LogP contribution < -0.4 is 4.74 Å². The maximum Gasteiger partial charge on any atom is 0.417 e. The van der Waals surface area contributed by atoms with Crippen molar-refractivity contribution in [3.63, 3.8) is 0 Å². The largest absolute Gasteiger partial charge is 0.475 e. The minimum absolute atomic E-state index is 0.0699. The summed E-state index contributed by atoms with van der Waals surface area (Å²) < 4.78 is 43.8. The van der Waals surface area contributed by atoms with E-state index in [-0.39, 0.29) is 24.4 Å². The lowest BCUT2D eigenvalue weighted by molar-refractivity contribution is -0.137. The Morgan fingerprint density at radius 1 is 1.14 bits per heavy atom. The molecule has 0 spiro atoms. The Bertz CT molecular complexity index is 1020. The molecule has 0 aliphatic rings. The molecule has 2 atom stereocenters. The molecule has 1 unspecified atom stereocenters. The summed E-state index contributed by atoms with van der Waals surface area (Å²) in [5, 5.41) is 0. The van der Waals surface area contributed by atoms with Crippen molar-refractivity contribution in [3.8, 4) is 5.88 Å². The molecular formula is C27H34F3N3O2. The van der Waals surface area contributed by atoms with Crippen LogP contribution in [-0.4, -0.2) is 47.7 Å². The lowest BCUT2D eigenvalue weighted by Crippen LogP contribution is -2.42. The van der Waals surface area contributed by atoms with E-state index in [9.17, 15) is 18.0 Å². The topological polar surface area (TPSA) is 54.8 Å². The predicted octanol–water partition coefficient (Wildman–Crippen LogP) is 6.44. The fourth-order valence-electron chi connectivity index (χ4n) is 3.72. The van der Waals surface area contributed by atoms with Crippen molar-refractivity contribution in [1.29, 1.82) is 0 Å². The number of nitrogens with zero attached hydrogens (tertiary/aromatic N) is 3. The molecular weight excluding hydrogens is 455 g/mol. The highest BCUT2D eigenvalue weighted by molar-refractivity contribution is 6.15. The molecule has 0 N–H and O–H groups in total. The number of aromatic nitrogens is 1. The van der Waals surface area contributed by atoms with E-state index in [1.165, 1.54) is 6.07 Å². The van der Waals surface area contributed by atoms with Gasteiger partial charge in [0.05, 0.1) is 17.3 Å². The fraction of sp³-hybridized carbons (Fsp3) is 0.444. The second-order valence-electron chi connectivity index (χ2n) is 8.41. The highest BCUT2D eigenvalue weighted by Gasteiger charge is 2.31. The molecule has 0 aliphatic carbocycles. The maximum absolute atomic E-state index is 13.5. The predicted molar refractivity (Wildman–Crippen MR) is 133 cm³/mol. The van der Waals surface area contributed by atoms with Crippen molar-refractivity contribution in [2.24, 2.45) is 10.9 Å². The summed E-state index contributed by atoms with van der Waals surface area (Å²) in [6.07, 6.45) is 2.51. The first-order valence-corrected chi connectivity index (χ1v) is 11.8. The number of hydrogen-bond acceptors (Lipinski definition) is 4. The first-order chi connectivity index (χ1) is 16.6. The van der Waals surface area contributed by atoms with Gasteiger partial charge in [0.25, 0.3) is 5.91 Å². The number of benzene rings is 1. The standard InChI is InChI=1S/C27H34F3N3O2/c1-6-10-19(3)13-15-24(31-5)22-11-8-9-12-23(22)26(34)33(7-2)20(4)18-35-25-16-14-21(17-32-25)27(28,29)30/h8-9,11-17,19-20H,6-7,10,18H2,1-5H3/b15-13-,31-24?/t19?,20-/m0/s1. The third-order valence-electron chi connectivity index (χ3n) is 5.67. The Balaban J connectivity index is 2.17. The first-order valence-electron chi connectivity index (χ1n) is 11.8. The molecule has 190 valence electrons. The molecule has 5 nitrogen and oxygen atoms in total. The lowest BCUT2D eigenvalue weighted by atomic mass is 9.98. The number of alkyl halides is 3. The highest BCUT2D eigenvalue weighted by Crippen LogP contribution is 2.29. The molecule has 0 fully saturated rings. The number of hydrogen-bond donors (Lipinski definition) is 0. The van der Waals surface area contributed by atoms with Crippen LogP contribution in [0.25, 0.3) is 0 Å². The van der Waals surface area contributed by atoms with Gasteiger partial charge in [-0.05, 0) is 44.4 Å². The number of carbonyl (C=O) groups is 1. The molecule has 2 rings (SSSR count). The molecule has 0 aliphatic heterocycles. The van der Waals surface area contributed by atoms with Gasteiger partial charge in [0.2, 0.25) is 5.88 Å². The van der Waals surface area contributed by atoms with E-state index in [4.69, 9.17) is 4.74 Å². The van der Waals surface area contributed by atoms with Crippen LogP contribution in [0.2, 0.25) is 0 Å². The van der Waals surface area contributed by atoms with Gasteiger partial charge in [-0.1, -0.05) is 44.5 Å². The summed E-state index contributed by atoms with van der Waals surface area (Å²) in [6.45, 7) is 8.51. The molecule has 1 aromatic carbocycles. The van der Waals surface area contributed by atoms with E-state index in [0.29, 0.717) is 18.0 Å². The summed E-state index contributed by atoms with van der Waals surface area (Å²) in [5.41, 5.74) is 1.16. The zero-order valence-electron chi connectivity index (χ0n) is 21.0. The Hall–Kier alpha value is -3.16. The fourth-order valence-corrected chi connectivity index (χ4v) is 3.72. The molecule has 8 heteroatoms. The number of amides is 1. The smallest absolute Gasteiger partial charge is 0.417 e. The van der Waals surface area contributed by atoms with Gasteiger partial charge in [0.1, 0.15) is 6.61 Å². The number of ether oxygens (including phenoxy) is 1. The van der Waals surface area contributed by atoms with Crippen LogP contribution in [0.15, 0.2) is 59.7 Å². The SMILES string of the molecule is CCCC(C)/C=C\C(=NC)c1ccccc1C(=O)N(CC)[C@@H](C)COc1ccc(C(F)(F)F)cn1. The second kappa shape index (κ2) is 13.1. The summed E-state index contributed by atoms with van der Waals surface area (Å²) in [4.78, 5) is 23.3. The van der Waals surface area contributed by atoms with Crippen molar-refractivity contribution in [3.05, 3.63) is 71.4 Å². The zero-order valence-corrected chi connectivity index (χ0v) is 21.0. The number of allylic oxidation sites excluding steroid dienone is 2. The Kier molecular flexibility index (Phi) is 10.5. The molecule has 0 saturated carbocycles. The van der Waals surface area contributed by atoms with Crippen LogP contribution in [0.5, 0.6) is 5.88 Å². The Morgan fingerprint density at radius 2 is 1.83 bits per heavy atom. The van der Waals surface area contributed by atoms with Crippen molar-refractivity contribution < 1.29 is 22.7 Å². The number of carbonyl (C=O) groups excluding carboxylic acids is 1. The van der Waals surface area contributed by atoms with Crippen LogP contribution in [0, 0.1) is 5.92 Å². The van der Waals surface area contributed by atoms with Gasteiger partial charge in [-0.2, -0.15) is 13.2 Å². The first kappa shape index (κ1) is 28.1. The monoisotopic (exact) mass is 489 g/mol. The van der Waals surface area contributed by atoms with Gasteiger partial charge in [-0.25, -0.2) is 4.98 Å². The van der Waals surface area contributed by atoms with Gasteiger partial charge in [-0.3, -0.25) is 9.79 Å². The average Bonchev–Trinajstić information content (AvgIpc) is 2.83. The normalized spacial score (nSPS) is 14.1. The summed E-state index contributed by atoms with van der Waals surface area (Å²) in [5.74, 6) is 0.305. The molecule has 0 radical (unpaired) electrons. The van der Waals surface area contributed by atoms with Crippen LogP contribution in [0.3, 0.4) is 0 Å². The zero-order chi connectivity index (χ0) is 26.0. The Morgan fingerprint density at radius 3 is 2.37 bits per heavy atom. The maximum atomic E-state index is 13.5. The number of aliphatic imine (C=N–C) groups is 1. The molecule has 0 saturated heterocycles. The average molecular weight is 490 g/mol. The number of rotatable bonds is 11. The van der Waals surface area contributed by atoms with Crippen LogP contribution in [-0.2, 0) is 6.18 Å². The van der Waals surface area contributed by atoms with Crippen molar-refractivity contribution in [2.75, 3.05) is 20.2 Å². The van der Waals surface area contributed by atoms with E-state index in [1.54, 1.807) is 18.0 Å². The molecule has 1 aromatic heterocycles.